The molecule has 2 rings (SSSR count). The molecule has 0 unspecified atom stereocenters. The molecule has 0 spiro atoms. The summed E-state index contributed by atoms with van der Waals surface area (Å²) in [4.78, 5) is 13.4. The quantitative estimate of drug-likeness (QED) is 0.887. The van der Waals surface area contributed by atoms with Crippen LogP contribution in [-0.2, 0) is 9.53 Å². The average Bonchev–Trinajstić information content (AvgIpc) is 2.45. The van der Waals surface area contributed by atoms with Crippen molar-refractivity contribution in [2.24, 2.45) is 0 Å². The number of halogens is 1. The van der Waals surface area contributed by atoms with E-state index in [2.05, 4.69) is 0 Å². The van der Waals surface area contributed by atoms with Gasteiger partial charge in [-0.05, 0) is 12.1 Å². The van der Waals surface area contributed by atoms with E-state index >= 15 is 0 Å². The molecule has 0 saturated carbocycles. The topological polar surface area (TPSA) is 59.0 Å². The van der Waals surface area contributed by atoms with Crippen molar-refractivity contribution in [2.75, 3.05) is 33.4 Å². The summed E-state index contributed by atoms with van der Waals surface area (Å²) in [7, 11) is 1.62. The highest BCUT2D eigenvalue weighted by molar-refractivity contribution is 5.77. The summed E-state index contributed by atoms with van der Waals surface area (Å²) in [5.41, 5.74) is -0.901. The van der Waals surface area contributed by atoms with Crippen LogP contribution < -0.4 is 4.74 Å². The molecule has 1 heterocycles. The minimum Gasteiger partial charge on any atom is -0.484 e. The van der Waals surface area contributed by atoms with E-state index in [9.17, 15) is 14.3 Å². The van der Waals surface area contributed by atoms with Gasteiger partial charge >= 0.3 is 0 Å². The van der Waals surface area contributed by atoms with Crippen LogP contribution in [0.2, 0.25) is 0 Å². The maximum atomic E-state index is 13.0. The Morgan fingerprint density at radius 2 is 2.19 bits per heavy atom. The van der Waals surface area contributed by atoms with Gasteiger partial charge in [-0.25, -0.2) is 4.39 Å². The van der Waals surface area contributed by atoms with Crippen LogP contribution >= 0.6 is 0 Å². The molecule has 6 heteroatoms. The number of benzene rings is 1. The Labute approximate surface area is 123 Å². The highest BCUT2D eigenvalue weighted by Gasteiger charge is 2.32. The third-order valence-corrected chi connectivity index (χ3v) is 3.54. The van der Waals surface area contributed by atoms with Crippen molar-refractivity contribution >= 4 is 5.91 Å². The monoisotopic (exact) mass is 297 g/mol. The molecule has 1 aromatic carbocycles. The lowest BCUT2D eigenvalue weighted by Gasteiger charge is -2.35. The van der Waals surface area contributed by atoms with Crippen LogP contribution in [0.5, 0.6) is 5.75 Å². The first kappa shape index (κ1) is 15.7. The van der Waals surface area contributed by atoms with E-state index in [1.54, 1.807) is 13.1 Å². The molecule has 1 aliphatic heterocycles. The van der Waals surface area contributed by atoms with Gasteiger partial charge in [-0.1, -0.05) is 6.07 Å². The van der Waals surface area contributed by atoms with Crippen LogP contribution in [0.3, 0.4) is 0 Å². The predicted molar refractivity (Wildman–Crippen MR) is 74.5 cm³/mol. The first-order valence-corrected chi connectivity index (χ1v) is 6.91. The fourth-order valence-electron chi connectivity index (χ4n) is 2.25. The summed E-state index contributed by atoms with van der Waals surface area (Å²) in [5, 5.41) is 10.3. The van der Waals surface area contributed by atoms with Crippen molar-refractivity contribution in [1.82, 2.24) is 4.90 Å². The van der Waals surface area contributed by atoms with Crippen LogP contribution in [0.4, 0.5) is 4.39 Å². The second-order valence-corrected chi connectivity index (χ2v) is 5.33. The number of nitrogens with zero attached hydrogens (tertiary/aromatic N) is 1. The van der Waals surface area contributed by atoms with E-state index < -0.39 is 11.4 Å². The second kappa shape index (κ2) is 6.87. The molecule has 1 N–H and O–H groups in total. The number of hydrogen-bond donors (Lipinski definition) is 1. The third kappa shape index (κ3) is 4.68. The van der Waals surface area contributed by atoms with Crippen molar-refractivity contribution in [3.8, 4) is 5.75 Å². The van der Waals surface area contributed by atoms with Crippen LogP contribution in [0.1, 0.15) is 12.8 Å². The molecule has 1 saturated heterocycles. The SMILES string of the molecule is CN(CC1(O)CCOCC1)C(=O)COc1cccc(F)c1. The molecule has 0 bridgehead atoms. The van der Waals surface area contributed by atoms with Crippen molar-refractivity contribution < 1.29 is 23.8 Å². The van der Waals surface area contributed by atoms with E-state index in [1.165, 1.54) is 23.1 Å². The van der Waals surface area contributed by atoms with E-state index in [0.29, 0.717) is 31.8 Å². The molecule has 21 heavy (non-hydrogen) atoms. The van der Waals surface area contributed by atoms with Gasteiger partial charge in [0, 0.05) is 45.7 Å². The summed E-state index contributed by atoms with van der Waals surface area (Å²) in [5.74, 6) is -0.370. The molecule has 0 atom stereocenters. The molecule has 1 amide bonds. The third-order valence-electron chi connectivity index (χ3n) is 3.54. The first-order valence-electron chi connectivity index (χ1n) is 6.91. The van der Waals surface area contributed by atoms with Crippen molar-refractivity contribution in [3.05, 3.63) is 30.1 Å². The van der Waals surface area contributed by atoms with Crippen molar-refractivity contribution in [3.63, 3.8) is 0 Å². The van der Waals surface area contributed by atoms with E-state index in [-0.39, 0.29) is 19.1 Å². The van der Waals surface area contributed by atoms with E-state index in [0.717, 1.165) is 0 Å². The van der Waals surface area contributed by atoms with Gasteiger partial charge < -0.3 is 19.5 Å². The maximum Gasteiger partial charge on any atom is 0.260 e. The average molecular weight is 297 g/mol. The second-order valence-electron chi connectivity index (χ2n) is 5.33. The Hall–Kier alpha value is -1.66. The molecular formula is C15H20FNO4. The van der Waals surface area contributed by atoms with Crippen LogP contribution in [0.15, 0.2) is 24.3 Å². The van der Waals surface area contributed by atoms with Crippen molar-refractivity contribution in [1.29, 1.82) is 0 Å². The Bertz CT molecular complexity index is 488. The molecule has 1 aliphatic rings. The number of aliphatic hydroxyl groups is 1. The van der Waals surface area contributed by atoms with Gasteiger partial charge in [0.05, 0.1) is 5.60 Å². The normalized spacial score (nSPS) is 17.3. The molecule has 116 valence electrons. The standard InChI is InChI=1S/C15H20FNO4/c1-17(11-15(19)5-7-20-8-6-15)14(18)10-21-13-4-2-3-12(16)9-13/h2-4,9,19H,5-8,10-11H2,1H3. The molecule has 0 aliphatic carbocycles. The highest BCUT2D eigenvalue weighted by atomic mass is 19.1. The maximum absolute atomic E-state index is 13.0. The minimum absolute atomic E-state index is 0.188. The van der Waals surface area contributed by atoms with Gasteiger partial charge in [0.1, 0.15) is 11.6 Å². The summed E-state index contributed by atoms with van der Waals surface area (Å²) in [6.07, 6.45) is 1.02. The molecule has 0 radical (unpaired) electrons. The van der Waals surface area contributed by atoms with Crippen LogP contribution in [0.25, 0.3) is 0 Å². The Balaban J connectivity index is 1.82. The zero-order valence-electron chi connectivity index (χ0n) is 12.0. The zero-order chi connectivity index (χ0) is 15.3. The van der Waals surface area contributed by atoms with Gasteiger partial charge in [0.25, 0.3) is 5.91 Å². The fraction of sp³-hybridized carbons (Fsp3) is 0.533. The number of carbonyl (C=O) groups is 1. The molecule has 5 nitrogen and oxygen atoms in total. The Morgan fingerprint density at radius 1 is 1.48 bits per heavy atom. The number of ether oxygens (including phenoxy) is 2. The van der Waals surface area contributed by atoms with E-state index in [4.69, 9.17) is 9.47 Å². The fourth-order valence-corrected chi connectivity index (χ4v) is 2.25. The highest BCUT2D eigenvalue weighted by Crippen LogP contribution is 2.21. The lowest BCUT2D eigenvalue weighted by atomic mass is 9.94. The number of likely N-dealkylation sites (N-methyl/N-ethyl adjacent to an activating group) is 1. The van der Waals surface area contributed by atoms with Gasteiger partial charge in [-0.2, -0.15) is 0 Å². The van der Waals surface area contributed by atoms with Gasteiger partial charge in [-0.15, -0.1) is 0 Å². The summed E-state index contributed by atoms with van der Waals surface area (Å²) < 4.78 is 23.4. The van der Waals surface area contributed by atoms with E-state index in [1.807, 2.05) is 0 Å². The van der Waals surface area contributed by atoms with Gasteiger partial charge in [-0.3, -0.25) is 4.79 Å². The number of hydrogen-bond acceptors (Lipinski definition) is 4. The van der Waals surface area contributed by atoms with Gasteiger partial charge in [0.2, 0.25) is 0 Å². The molecule has 1 aromatic rings. The van der Waals surface area contributed by atoms with Crippen LogP contribution in [0, 0.1) is 5.82 Å². The number of amides is 1. The zero-order valence-corrected chi connectivity index (χ0v) is 12.0. The number of carbonyl (C=O) groups excluding carboxylic acids is 1. The minimum atomic E-state index is -0.901. The summed E-state index contributed by atoms with van der Waals surface area (Å²) >= 11 is 0. The Kier molecular flexibility index (Phi) is 5.14. The molecule has 1 fully saturated rings. The lowest BCUT2D eigenvalue weighted by Crippen LogP contribution is -2.48. The smallest absolute Gasteiger partial charge is 0.260 e. The molecular weight excluding hydrogens is 277 g/mol. The predicted octanol–water partition coefficient (Wildman–Crippen LogP) is 1.20. The van der Waals surface area contributed by atoms with Crippen LogP contribution in [-0.4, -0.2) is 54.9 Å². The number of rotatable bonds is 5. The van der Waals surface area contributed by atoms with Crippen molar-refractivity contribution in [2.45, 2.75) is 18.4 Å². The first-order chi connectivity index (χ1) is 9.98. The Morgan fingerprint density at radius 3 is 2.86 bits per heavy atom. The summed E-state index contributed by atoms with van der Waals surface area (Å²) in [6.45, 7) is 1.05. The lowest BCUT2D eigenvalue weighted by molar-refractivity contribution is -0.138. The van der Waals surface area contributed by atoms with Gasteiger partial charge in [0.15, 0.2) is 6.61 Å². The molecule has 0 aromatic heterocycles. The largest absolute Gasteiger partial charge is 0.484 e. The summed E-state index contributed by atoms with van der Waals surface area (Å²) in [6, 6.07) is 5.63.